The third-order valence-corrected chi connectivity index (χ3v) is 6.51. The maximum absolute atomic E-state index is 13.2. The van der Waals surface area contributed by atoms with Gasteiger partial charge in [-0.2, -0.15) is 4.31 Å². The van der Waals surface area contributed by atoms with Gasteiger partial charge < -0.3 is 0 Å². The molecule has 0 saturated carbocycles. The van der Waals surface area contributed by atoms with Crippen molar-refractivity contribution in [2.45, 2.75) is 70.1 Å². The van der Waals surface area contributed by atoms with Crippen molar-refractivity contribution in [1.29, 1.82) is 0 Å². The molecule has 0 atom stereocenters. The van der Waals surface area contributed by atoms with Crippen LogP contribution in [0.5, 0.6) is 0 Å². The van der Waals surface area contributed by atoms with Gasteiger partial charge in [-0.25, -0.2) is 8.42 Å². The van der Waals surface area contributed by atoms with E-state index in [0.717, 1.165) is 44.1 Å². The molecule has 3 nitrogen and oxygen atoms in total. The quantitative estimate of drug-likeness (QED) is 0.380. The van der Waals surface area contributed by atoms with E-state index >= 15 is 0 Å². The van der Waals surface area contributed by atoms with Crippen molar-refractivity contribution in [3.05, 3.63) is 41.5 Å². The fourth-order valence-corrected chi connectivity index (χ4v) is 4.38. The number of rotatable bonds is 7. The van der Waals surface area contributed by atoms with Crippen LogP contribution in [0.1, 0.15) is 63.9 Å². The van der Waals surface area contributed by atoms with Crippen LogP contribution in [0.25, 0.3) is 0 Å². The van der Waals surface area contributed by atoms with Crippen molar-refractivity contribution >= 4 is 10.0 Å². The molecule has 0 aromatic heterocycles. The summed E-state index contributed by atoms with van der Waals surface area (Å²) in [5, 5.41) is 0. The van der Waals surface area contributed by atoms with Gasteiger partial charge in [-0.05, 0) is 51.2 Å². The lowest BCUT2D eigenvalue weighted by atomic mass is 10.1. The highest BCUT2D eigenvalue weighted by atomic mass is 32.2. The van der Waals surface area contributed by atoms with E-state index in [1.807, 2.05) is 19.1 Å². The SMILES string of the molecule is CCCCC#CCN(CC1=CCCCCC1)S(=O)(=O)c1ccc(C)cc1. The molecule has 0 saturated heterocycles. The number of hydrogen-bond acceptors (Lipinski definition) is 2. The highest BCUT2D eigenvalue weighted by molar-refractivity contribution is 7.89. The minimum atomic E-state index is -3.53. The van der Waals surface area contributed by atoms with Gasteiger partial charge in [-0.15, -0.1) is 5.92 Å². The van der Waals surface area contributed by atoms with Crippen LogP contribution in [-0.4, -0.2) is 25.8 Å². The molecule has 1 aromatic carbocycles. The highest BCUT2D eigenvalue weighted by Crippen LogP contribution is 2.22. The summed E-state index contributed by atoms with van der Waals surface area (Å²) in [4.78, 5) is 0.354. The Kier molecular flexibility index (Phi) is 8.41. The van der Waals surface area contributed by atoms with Crippen LogP contribution in [0.4, 0.5) is 0 Å². The first-order valence-corrected chi connectivity index (χ1v) is 11.2. The number of allylic oxidation sites excluding steroid dienone is 1. The van der Waals surface area contributed by atoms with Crippen molar-refractivity contribution in [2.24, 2.45) is 0 Å². The summed E-state index contributed by atoms with van der Waals surface area (Å²) in [5.41, 5.74) is 2.29. The third kappa shape index (κ3) is 6.30. The average molecular weight is 374 g/mol. The second kappa shape index (κ2) is 10.5. The van der Waals surface area contributed by atoms with Gasteiger partial charge in [-0.1, -0.05) is 55.0 Å². The standard InChI is InChI=1S/C22H31NO2S/c1-3-4-5-8-11-18-23(19-21-12-9-6-7-10-13-21)26(24,25)22-16-14-20(2)15-17-22/h12,14-17H,3-7,9-10,13,18-19H2,1-2H3. The molecule has 2 rings (SSSR count). The Morgan fingerprint density at radius 1 is 1.08 bits per heavy atom. The van der Waals surface area contributed by atoms with Gasteiger partial charge in [0.1, 0.15) is 0 Å². The van der Waals surface area contributed by atoms with Crippen LogP contribution in [0.3, 0.4) is 0 Å². The third-order valence-electron chi connectivity index (χ3n) is 4.71. The van der Waals surface area contributed by atoms with Crippen LogP contribution in [0.2, 0.25) is 0 Å². The maximum Gasteiger partial charge on any atom is 0.244 e. The van der Waals surface area contributed by atoms with Gasteiger partial charge in [-0.3, -0.25) is 0 Å². The monoisotopic (exact) mass is 373 g/mol. The molecule has 0 heterocycles. The van der Waals surface area contributed by atoms with E-state index in [2.05, 4.69) is 24.8 Å². The molecule has 4 heteroatoms. The lowest BCUT2D eigenvalue weighted by Crippen LogP contribution is -2.33. The maximum atomic E-state index is 13.2. The van der Waals surface area contributed by atoms with E-state index in [1.165, 1.54) is 18.4 Å². The lowest BCUT2D eigenvalue weighted by Gasteiger charge is -2.21. The van der Waals surface area contributed by atoms with Gasteiger partial charge in [0, 0.05) is 13.0 Å². The zero-order valence-corrected chi connectivity index (χ0v) is 16.9. The van der Waals surface area contributed by atoms with Gasteiger partial charge in [0.15, 0.2) is 0 Å². The van der Waals surface area contributed by atoms with E-state index < -0.39 is 10.0 Å². The smallest absolute Gasteiger partial charge is 0.207 e. The van der Waals surface area contributed by atoms with Crippen molar-refractivity contribution in [3.63, 3.8) is 0 Å². The number of unbranched alkanes of at least 4 members (excludes halogenated alkanes) is 2. The second-order valence-corrected chi connectivity index (χ2v) is 8.94. The van der Waals surface area contributed by atoms with Crippen LogP contribution < -0.4 is 0 Å². The second-order valence-electron chi connectivity index (χ2n) is 7.00. The first kappa shape index (κ1) is 20.7. The van der Waals surface area contributed by atoms with Crippen molar-refractivity contribution < 1.29 is 8.42 Å². The molecular formula is C22H31NO2S. The van der Waals surface area contributed by atoms with Crippen LogP contribution in [0.15, 0.2) is 40.8 Å². The molecule has 1 aliphatic rings. The highest BCUT2D eigenvalue weighted by Gasteiger charge is 2.24. The van der Waals surface area contributed by atoms with Crippen LogP contribution >= 0.6 is 0 Å². The lowest BCUT2D eigenvalue weighted by molar-refractivity contribution is 0.466. The summed E-state index contributed by atoms with van der Waals surface area (Å²) in [6, 6.07) is 7.10. The Labute approximate surface area is 159 Å². The summed E-state index contributed by atoms with van der Waals surface area (Å²) in [6.45, 7) is 4.81. The van der Waals surface area contributed by atoms with Gasteiger partial charge in [0.05, 0.1) is 11.4 Å². The molecule has 0 bridgehead atoms. The molecule has 26 heavy (non-hydrogen) atoms. The van der Waals surface area contributed by atoms with E-state index in [4.69, 9.17) is 0 Å². The molecule has 1 aliphatic carbocycles. The van der Waals surface area contributed by atoms with Gasteiger partial charge in [0.2, 0.25) is 10.0 Å². The molecule has 0 radical (unpaired) electrons. The summed E-state index contributed by atoms with van der Waals surface area (Å²) in [5.74, 6) is 6.21. The molecule has 0 unspecified atom stereocenters. The molecule has 0 N–H and O–H groups in total. The number of hydrogen-bond donors (Lipinski definition) is 0. The Bertz CT molecular complexity index is 752. The summed E-state index contributed by atoms with van der Waals surface area (Å²) < 4.78 is 27.9. The van der Waals surface area contributed by atoms with Crippen molar-refractivity contribution in [1.82, 2.24) is 4.31 Å². The van der Waals surface area contributed by atoms with Crippen LogP contribution in [-0.2, 0) is 10.0 Å². The topological polar surface area (TPSA) is 37.4 Å². The Morgan fingerprint density at radius 2 is 1.85 bits per heavy atom. The zero-order valence-electron chi connectivity index (χ0n) is 16.1. The predicted octanol–water partition coefficient (Wildman–Crippen LogP) is 5.07. The first-order valence-electron chi connectivity index (χ1n) is 9.74. The fourth-order valence-electron chi connectivity index (χ4n) is 3.03. The molecular weight excluding hydrogens is 342 g/mol. The molecule has 0 aliphatic heterocycles. The summed E-state index contributed by atoms with van der Waals surface area (Å²) >= 11 is 0. The minimum Gasteiger partial charge on any atom is -0.207 e. The normalized spacial score (nSPS) is 15.1. The summed E-state index contributed by atoms with van der Waals surface area (Å²) in [6.07, 6.45) is 10.8. The number of aryl methyl sites for hydroxylation is 1. The summed E-state index contributed by atoms with van der Waals surface area (Å²) in [7, 11) is -3.53. The molecule has 0 spiro atoms. The van der Waals surface area contributed by atoms with E-state index in [-0.39, 0.29) is 6.54 Å². The Morgan fingerprint density at radius 3 is 2.58 bits per heavy atom. The van der Waals surface area contributed by atoms with E-state index in [0.29, 0.717) is 11.4 Å². The molecule has 0 fully saturated rings. The predicted molar refractivity (Wildman–Crippen MR) is 108 cm³/mol. The number of benzene rings is 1. The number of nitrogens with zero attached hydrogens (tertiary/aromatic N) is 1. The van der Waals surface area contributed by atoms with E-state index in [1.54, 1.807) is 16.4 Å². The minimum absolute atomic E-state index is 0.261. The Hall–Kier alpha value is -1.57. The fraction of sp³-hybridized carbons (Fsp3) is 0.545. The van der Waals surface area contributed by atoms with Gasteiger partial charge in [0.25, 0.3) is 0 Å². The first-order chi connectivity index (χ1) is 12.5. The molecule has 0 amide bonds. The number of sulfonamides is 1. The average Bonchev–Trinajstić information content (AvgIpc) is 2.89. The van der Waals surface area contributed by atoms with E-state index in [9.17, 15) is 8.42 Å². The van der Waals surface area contributed by atoms with Crippen molar-refractivity contribution in [3.8, 4) is 11.8 Å². The van der Waals surface area contributed by atoms with Crippen LogP contribution in [0, 0.1) is 18.8 Å². The molecule has 1 aromatic rings. The Balaban J connectivity index is 2.21. The molecule has 142 valence electrons. The van der Waals surface area contributed by atoms with Gasteiger partial charge >= 0.3 is 0 Å². The van der Waals surface area contributed by atoms with Crippen molar-refractivity contribution in [2.75, 3.05) is 13.1 Å². The largest absolute Gasteiger partial charge is 0.244 e. The zero-order chi connectivity index (χ0) is 18.8.